The standard InChI is InChI=1S/C19H17F2N3O2/c1-2-23-10-13(19(26)24-5-3-4-6-24)17(25)12-7-11-8-14(20)15(21)9-16(11)22-18(12)23/h7-10H,2-6H2,1H3. The molecular formula is C19H17F2N3O2. The van der Waals surface area contributed by atoms with Gasteiger partial charge in [0.2, 0.25) is 5.43 Å². The summed E-state index contributed by atoms with van der Waals surface area (Å²) in [5.41, 5.74) is 0.274. The summed E-state index contributed by atoms with van der Waals surface area (Å²) in [6.45, 7) is 3.64. The van der Waals surface area contributed by atoms with Gasteiger partial charge in [0.05, 0.1) is 10.9 Å². The quantitative estimate of drug-likeness (QED) is 0.663. The Kier molecular flexibility index (Phi) is 3.94. The average molecular weight is 357 g/mol. The molecule has 0 unspecified atom stereocenters. The molecular weight excluding hydrogens is 340 g/mol. The van der Waals surface area contributed by atoms with Gasteiger partial charge in [-0.15, -0.1) is 0 Å². The van der Waals surface area contributed by atoms with Crippen molar-refractivity contribution < 1.29 is 13.6 Å². The zero-order valence-electron chi connectivity index (χ0n) is 14.3. The van der Waals surface area contributed by atoms with Crippen LogP contribution in [0.3, 0.4) is 0 Å². The highest BCUT2D eigenvalue weighted by atomic mass is 19.2. The summed E-state index contributed by atoms with van der Waals surface area (Å²) in [5, 5.41) is 0.553. The Hall–Kier alpha value is -2.83. The second-order valence-electron chi connectivity index (χ2n) is 6.48. The van der Waals surface area contributed by atoms with E-state index in [4.69, 9.17) is 0 Å². The first-order valence-electron chi connectivity index (χ1n) is 8.62. The molecule has 1 aliphatic heterocycles. The molecule has 0 aliphatic carbocycles. The van der Waals surface area contributed by atoms with E-state index in [-0.39, 0.29) is 22.4 Å². The molecule has 2 aromatic heterocycles. The Balaban J connectivity index is 1.99. The Labute approximate surface area is 147 Å². The summed E-state index contributed by atoms with van der Waals surface area (Å²) < 4.78 is 28.8. The van der Waals surface area contributed by atoms with Crippen molar-refractivity contribution in [3.63, 3.8) is 0 Å². The van der Waals surface area contributed by atoms with Crippen molar-refractivity contribution in [3.05, 3.63) is 51.8 Å². The highest BCUT2D eigenvalue weighted by Crippen LogP contribution is 2.22. The van der Waals surface area contributed by atoms with Crippen LogP contribution in [0.5, 0.6) is 0 Å². The number of amides is 1. The van der Waals surface area contributed by atoms with Gasteiger partial charge in [-0.2, -0.15) is 0 Å². The number of pyridine rings is 2. The molecule has 1 aliphatic rings. The Morgan fingerprint density at radius 3 is 2.54 bits per heavy atom. The third-order valence-electron chi connectivity index (χ3n) is 4.85. The molecule has 0 radical (unpaired) electrons. The van der Waals surface area contributed by atoms with Crippen LogP contribution in [0.15, 0.2) is 29.2 Å². The minimum Gasteiger partial charge on any atom is -0.338 e. The molecule has 7 heteroatoms. The fourth-order valence-corrected chi connectivity index (χ4v) is 3.45. The number of aryl methyl sites for hydroxylation is 1. The number of carbonyl (C=O) groups excluding carboxylic acids is 1. The summed E-state index contributed by atoms with van der Waals surface area (Å²) in [7, 11) is 0. The van der Waals surface area contributed by atoms with Gasteiger partial charge in [-0.25, -0.2) is 13.8 Å². The second-order valence-corrected chi connectivity index (χ2v) is 6.48. The normalized spacial score (nSPS) is 14.5. The Morgan fingerprint density at radius 2 is 1.85 bits per heavy atom. The zero-order chi connectivity index (χ0) is 18.4. The van der Waals surface area contributed by atoms with E-state index in [1.807, 2.05) is 6.92 Å². The van der Waals surface area contributed by atoms with E-state index in [0.717, 1.165) is 25.0 Å². The number of nitrogens with zero attached hydrogens (tertiary/aromatic N) is 3. The number of fused-ring (bicyclic) bond motifs is 2. The van der Waals surface area contributed by atoms with Gasteiger partial charge in [-0.1, -0.05) is 0 Å². The number of hydrogen-bond acceptors (Lipinski definition) is 3. The predicted molar refractivity (Wildman–Crippen MR) is 94.2 cm³/mol. The maximum Gasteiger partial charge on any atom is 0.259 e. The van der Waals surface area contributed by atoms with Crippen molar-refractivity contribution in [1.82, 2.24) is 14.5 Å². The topological polar surface area (TPSA) is 55.2 Å². The molecule has 1 aromatic carbocycles. The molecule has 0 N–H and O–H groups in total. The Bertz CT molecular complexity index is 1100. The molecule has 0 atom stereocenters. The fourth-order valence-electron chi connectivity index (χ4n) is 3.45. The largest absolute Gasteiger partial charge is 0.338 e. The van der Waals surface area contributed by atoms with E-state index in [1.165, 1.54) is 12.3 Å². The molecule has 5 nitrogen and oxygen atoms in total. The highest BCUT2D eigenvalue weighted by Gasteiger charge is 2.24. The maximum atomic E-state index is 13.6. The lowest BCUT2D eigenvalue weighted by Crippen LogP contribution is -2.32. The molecule has 1 fully saturated rings. The van der Waals surface area contributed by atoms with Crippen LogP contribution >= 0.6 is 0 Å². The molecule has 1 saturated heterocycles. The maximum absolute atomic E-state index is 13.6. The summed E-state index contributed by atoms with van der Waals surface area (Å²) in [4.78, 5) is 31.7. The van der Waals surface area contributed by atoms with Crippen LogP contribution in [0.4, 0.5) is 8.78 Å². The van der Waals surface area contributed by atoms with Crippen molar-refractivity contribution in [3.8, 4) is 0 Å². The monoisotopic (exact) mass is 357 g/mol. The van der Waals surface area contributed by atoms with Gasteiger partial charge in [-0.05, 0) is 31.9 Å². The van der Waals surface area contributed by atoms with Gasteiger partial charge >= 0.3 is 0 Å². The van der Waals surface area contributed by atoms with Crippen LogP contribution in [-0.2, 0) is 6.54 Å². The summed E-state index contributed by atoms with van der Waals surface area (Å²) in [5.74, 6) is -2.28. The molecule has 0 bridgehead atoms. The number of halogens is 2. The number of rotatable bonds is 2. The first-order chi connectivity index (χ1) is 12.5. The summed E-state index contributed by atoms with van der Waals surface area (Å²) >= 11 is 0. The van der Waals surface area contributed by atoms with Crippen molar-refractivity contribution in [1.29, 1.82) is 0 Å². The van der Waals surface area contributed by atoms with Crippen molar-refractivity contribution in [2.75, 3.05) is 13.1 Å². The first-order valence-corrected chi connectivity index (χ1v) is 8.62. The first kappa shape index (κ1) is 16.6. The van der Waals surface area contributed by atoms with Crippen molar-refractivity contribution >= 4 is 27.8 Å². The lowest BCUT2D eigenvalue weighted by molar-refractivity contribution is 0.0791. The lowest BCUT2D eigenvalue weighted by Gasteiger charge is -2.17. The number of aromatic nitrogens is 2. The van der Waals surface area contributed by atoms with Crippen LogP contribution in [0.2, 0.25) is 0 Å². The molecule has 26 heavy (non-hydrogen) atoms. The van der Waals surface area contributed by atoms with E-state index in [9.17, 15) is 18.4 Å². The van der Waals surface area contributed by atoms with E-state index < -0.39 is 17.1 Å². The SMILES string of the molecule is CCn1cc(C(=O)N2CCCC2)c(=O)c2cc3cc(F)c(F)cc3nc21. The lowest BCUT2D eigenvalue weighted by atomic mass is 10.1. The van der Waals surface area contributed by atoms with E-state index >= 15 is 0 Å². The second kappa shape index (κ2) is 6.16. The molecule has 3 heterocycles. The molecule has 134 valence electrons. The summed E-state index contributed by atoms with van der Waals surface area (Å²) in [6.07, 6.45) is 3.38. The van der Waals surface area contributed by atoms with Gasteiger partial charge in [0.15, 0.2) is 11.6 Å². The third kappa shape index (κ3) is 2.55. The van der Waals surface area contributed by atoms with E-state index in [0.29, 0.717) is 30.7 Å². The van der Waals surface area contributed by atoms with Crippen molar-refractivity contribution in [2.24, 2.45) is 0 Å². The fraction of sp³-hybridized carbons (Fsp3) is 0.316. The van der Waals surface area contributed by atoms with Gasteiger partial charge in [0.25, 0.3) is 5.91 Å². The minimum atomic E-state index is -1.00. The van der Waals surface area contributed by atoms with E-state index in [1.54, 1.807) is 9.47 Å². The van der Waals surface area contributed by atoms with Gasteiger partial charge in [0, 0.05) is 37.3 Å². The highest BCUT2D eigenvalue weighted by molar-refractivity contribution is 5.99. The molecule has 0 saturated carbocycles. The van der Waals surface area contributed by atoms with Crippen LogP contribution < -0.4 is 5.43 Å². The molecule has 1 amide bonds. The Morgan fingerprint density at radius 1 is 1.15 bits per heavy atom. The third-order valence-corrected chi connectivity index (χ3v) is 4.85. The average Bonchev–Trinajstić information content (AvgIpc) is 3.16. The van der Waals surface area contributed by atoms with Gasteiger partial charge in [-0.3, -0.25) is 9.59 Å². The summed E-state index contributed by atoms with van der Waals surface area (Å²) in [6, 6.07) is 3.51. The van der Waals surface area contributed by atoms with Gasteiger partial charge < -0.3 is 9.47 Å². The van der Waals surface area contributed by atoms with Crippen LogP contribution in [0, 0.1) is 11.6 Å². The van der Waals surface area contributed by atoms with E-state index in [2.05, 4.69) is 4.98 Å². The number of carbonyl (C=O) groups is 1. The van der Waals surface area contributed by atoms with Crippen molar-refractivity contribution in [2.45, 2.75) is 26.3 Å². The number of benzene rings is 1. The smallest absolute Gasteiger partial charge is 0.259 e. The van der Waals surface area contributed by atoms with Crippen LogP contribution in [0.1, 0.15) is 30.1 Å². The predicted octanol–water partition coefficient (Wildman–Crippen LogP) is 3.08. The van der Waals surface area contributed by atoms with Crippen LogP contribution in [0.25, 0.3) is 21.9 Å². The number of hydrogen-bond donors (Lipinski definition) is 0. The molecule has 4 rings (SSSR count). The van der Waals surface area contributed by atoms with Gasteiger partial charge in [0.1, 0.15) is 11.2 Å². The zero-order valence-corrected chi connectivity index (χ0v) is 14.3. The number of likely N-dealkylation sites (tertiary alicyclic amines) is 1. The minimum absolute atomic E-state index is 0.0879. The molecule has 3 aromatic rings. The molecule has 0 spiro atoms. The van der Waals surface area contributed by atoms with Crippen LogP contribution in [-0.4, -0.2) is 33.4 Å².